The van der Waals surface area contributed by atoms with Crippen molar-refractivity contribution < 1.29 is 9.53 Å². The number of esters is 1. The van der Waals surface area contributed by atoms with E-state index in [0.29, 0.717) is 6.61 Å². The summed E-state index contributed by atoms with van der Waals surface area (Å²) in [5, 5.41) is 0. The number of nitrogens with zero attached hydrogens (tertiary/aromatic N) is 3. The lowest BCUT2D eigenvalue weighted by molar-refractivity contribution is -0.147. The van der Waals surface area contributed by atoms with E-state index < -0.39 is 0 Å². The number of piperidine rings is 1. The van der Waals surface area contributed by atoms with Gasteiger partial charge in [0.25, 0.3) is 0 Å². The second-order valence-corrected chi connectivity index (χ2v) is 4.72. The molecule has 3 rings (SSSR count). The first-order chi connectivity index (χ1) is 8.30. The third-order valence-corrected chi connectivity index (χ3v) is 3.84. The molecule has 2 saturated heterocycles. The summed E-state index contributed by atoms with van der Waals surface area (Å²) in [5.41, 5.74) is -0.210. The fourth-order valence-electron chi connectivity index (χ4n) is 2.67. The quantitative estimate of drug-likeness (QED) is 0.678. The molecule has 1 spiro atoms. The van der Waals surface area contributed by atoms with Crippen molar-refractivity contribution in [3.05, 3.63) is 18.6 Å². The highest BCUT2D eigenvalue weighted by Crippen LogP contribution is 2.40. The summed E-state index contributed by atoms with van der Waals surface area (Å²) < 4.78 is 5.10. The van der Waals surface area contributed by atoms with Gasteiger partial charge in [-0.25, -0.2) is 4.98 Å². The van der Waals surface area contributed by atoms with Gasteiger partial charge in [-0.05, 0) is 19.3 Å². The number of ether oxygens (including phenoxy) is 1. The van der Waals surface area contributed by atoms with Gasteiger partial charge in [0.15, 0.2) is 0 Å². The SMILES string of the molecule is O=C1OCCC12CCN(c1cnccn1)CC2. The van der Waals surface area contributed by atoms with Crippen LogP contribution in [-0.2, 0) is 9.53 Å². The van der Waals surface area contributed by atoms with E-state index in [9.17, 15) is 4.79 Å². The van der Waals surface area contributed by atoms with Crippen molar-refractivity contribution in [2.24, 2.45) is 5.41 Å². The van der Waals surface area contributed by atoms with E-state index in [1.54, 1.807) is 18.6 Å². The number of anilines is 1. The van der Waals surface area contributed by atoms with Gasteiger partial charge in [-0.2, -0.15) is 0 Å². The van der Waals surface area contributed by atoms with Gasteiger partial charge in [-0.3, -0.25) is 9.78 Å². The van der Waals surface area contributed by atoms with Crippen LogP contribution >= 0.6 is 0 Å². The molecule has 2 aliphatic heterocycles. The van der Waals surface area contributed by atoms with Gasteiger partial charge in [0.1, 0.15) is 5.82 Å². The lowest BCUT2D eigenvalue weighted by atomic mass is 9.77. The molecule has 0 saturated carbocycles. The van der Waals surface area contributed by atoms with Crippen LogP contribution in [0.5, 0.6) is 0 Å². The van der Waals surface area contributed by atoms with Gasteiger partial charge >= 0.3 is 5.97 Å². The molecule has 17 heavy (non-hydrogen) atoms. The van der Waals surface area contributed by atoms with Crippen LogP contribution in [0.4, 0.5) is 5.82 Å². The zero-order valence-corrected chi connectivity index (χ0v) is 9.63. The van der Waals surface area contributed by atoms with Crippen molar-refractivity contribution in [1.82, 2.24) is 9.97 Å². The van der Waals surface area contributed by atoms with Gasteiger partial charge in [0.05, 0.1) is 18.2 Å². The molecular weight excluding hydrogens is 218 g/mol. The normalized spacial score (nSPS) is 22.8. The number of carbonyl (C=O) groups is 1. The average molecular weight is 233 g/mol. The van der Waals surface area contributed by atoms with Crippen molar-refractivity contribution in [3.8, 4) is 0 Å². The number of hydrogen-bond acceptors (Lipinski definition) is 5. The summed E-state index contributed by atoms with van der Waals surface area (Å²) >= 11 is 0. The summed E-state index contributed by atoms with van der Waals surface area (Å²) in [6.45, 7) is 2.30. The number of hydrogen-bond donors (Lipinski definition) is 0. The molecule has 90 valence electrons. The van der Waals surface area contributed by atoms with E-state index in [1.807, 2.05) is 0 Å². The Morgan fingerprint density at radius 1 is 1.24 bits per heavy atom. The first-order valence-corrected chi connectivity index (χ1v) is 5.98. The van der Waals surface area contributed by atoms with Crippen molar-refractivity contribution in [1.29, 1.82) is 0 Å². The predicted molar refractivity (Wildman–Crippen MR) is 61.5 cm³/mol. The average Bonchev–Trinajstić information content (AvgIpc) is 2.73. The largest absolute Gasteiger partial charge is 0.465 e. The maximum absolute atomic E-state index is 11.7. The molecule has 0 atom stereocenters. The molecule has 2 fully saturated rings. The van der Waals surface area contributed by atoms with Crippen molar-refractivity contribution in [2.75, 3.05) is 24.6 Å². The maximum atomic E-state index is 11.7. The number of carbonyl (C=O) groups excluding carboxylic acids is 1. The van der Waals surface area contributed by atoms with Gasteiger partial charge < -0.3 is 9.64 Å². The minimum absolute atomic E-state index is 0.00343. The second-order valence-electron chi connectivity index (χ2n) is 4.72. The molecule has 1 aromatic heterocycles. The van der Waals surface area contributed by atoms with E-state index >= 15 is 0 Å². The van der Waals surface area contributed by atoms with Crippen molar-refractivity contribution >= 4 is 11.8 Å². The molecule has 2 aliphatic rings. The highest BCUT2D eigenvalue weighted by atomic mass is 16.5. The molecule has 0 unspecified atom stereocenters. The van der Waals surface area contributed by atoms with E-state index in [-0.39, 0.29) is 11.4 Å². The first kappa shape index (κ1) is 10.5. The van der Waals surface area contributed by atoms with Crippen LogP contribution < -0.4 is 4.90 Å². The van der Waals surface area contributed by atoms with Crippen molar-refractivity contribution in [2.45, 2.75) is 19.3 Å². The molecule has 0 bridgehead atoms. The zero-order chi connectivity index (χ0) is 11.7. The standard InChI is InChI=1S/C12H15N3O2/c16-11-12(3-8-17-11)1-6-15(7-2-12)10-9-13-4-5-14-10/h4-5,9H,1-3,6-8H2. The Bertz CT molecular complexity index is 413. The fourth-order valence-corrected chi connectivity index (χ4v) is 2.67. The summed E-state index contributed by atoms with van der Waals surface area (Å²) in [5.74, 6) is 0.894. The Balaban J connectivity index is 1.70. The minimum atomic E-state index is -0.210. The van der Waals surface area contributed by atoms with E-state index in [4.69, 9.17) is 4.74 Å². The molecule has 0 amide bonds. The Morgan fingerprint density at radius 2 is 2.06 bits per heavy atom. The number of aromatic nitrogens is 2. The highest BCUT2D eigenvalue weighted by molar-refractivity contribution is 5.79. The van der Waals surface area contributed by atoms with Crippen molar-refractivity contribution in [3.63, 3.8) is 0 Å². The van der Waals surface area contributed by atoms with Crippen LogP contribution in [0.2, 0.25) is 0 Å². The molecule has 5 heteroatoms. The lowest BCUT2D eigenvalue weighted by Gasteiger charge is -2.36. The monoisotopic (exact) mass is 233 g/mol. The lowest BCUT2D eigenvalue weighted by Crippen LogP contribution is -2.42. The highest BCUT2D eigenvalue weighted by Gasteiger charge is 2.46. The van der Waals surface area contributed by atoms with Crippen LogP contribution in [0.1, 0.15) is 19.3 Å². The second kappa shape index (κ2) is 3.98. The Kier molecular flexibility index (Phi) is 2.46. The van der Waals surface area contributed by atoms with Crippen LogP contribution in [0.15, 0.2) is 18.6 Å². The van der Waals surface area contributed by atoms with E-state index in [0.717, 1.165) is 38.2 Å². The Morgan fingerprint density at radius 3 is 2.65 bits per heavy atom. The minimum Gasteiger partial charge on any atom is -0.465 e. The van der Waals surface area contributed by atoms with E-state index in [1.165, 1.54) is 0 Å². The molecule has 0 radical (unpaired) electrons. The molecule has 0 aliphatic carbocycles. The molecule has 3 heterocycles. The van der Waals surface area contributed by atoms with Gasteiger partial charge in [0.2, 0.25) is 0 Å². The maximum Gasteiger partial charge on any atom is 0.312 e. The summed E-state index contributed by atoms with van der Waals surface area (Å²) in [7, 11) is 0. The van der Waals surface area contributed by atoms with Gasteiger partial charge in [-0.1, -0.05) is 0 Å². The smallest absolute Gasteiger partial charge is 0.312 e. The van der Waals surface area contributed by atoms with Crippen LogP contribution in [0, 0.1) is 5.41 Å². The van der Waals surface area contributed by atoms with Crippen LogP contribution in [0.25, 0.3) is 0 Å². The Labute approximate surface area is 99.8 Å². The van der Waals surface area contributed by atoms with Crippen LogP contribution in [-0.4, -0.2) is 35.6 Å². The van der Waals surface area contributed by atoms with E-state index in [2.05, 4.69) is 14.9 Å². The predicted octanol–water partition coefficient (Wildman–Crippen LogP) is 1.01. The third-order valence-electron chi connectivity index (χ3n) is 3.84. The summed E-state index contributed by atoms with van der Waals surface area (Å²) in [6, 6.07) is 0. The molecular formula is C12H15N3O2. The fraction of sp³-hybridized carbons (Fsp3) is 0.583. The molecule has 1 aromatic rings. The zero-order valence-electron chi connectivity index (χ0n) is 9.63. The van der Waals surface area contributed by atoms with Crippen LogP contribution in [0.3, 0.4) is 0 Å². The molecule has 5 nitrogen and oxygen atoms in total. The van der Waals surface area contributed by atoms with Gasteiger partial charge in [-0.15, -0.1) is 0 Å². The first-order valence-electron chi connectivity index (χ1n) is 5.98. The van der Waals surface area contributed by atoms with Gasteiger partial charge in [0, 0.05) is 25.5 Å². The third kappa shape index (κ3) is 1.75. The Hall–Kier alpha value is -1.65. The molecule has 0 N–H and O–H groups in total. The summed E-state index contributed by atoms with van der Waals surface area (Å²) in [4.78, 5) is 22.3. The summed E-state index contributed by atoms with van der Waals surface area (Å²) in [6.07, 6.45) is 7.74. The number of cyclic esters (lactones) is 1. The molecule has 0 aromatic carbocycles. The number of rotatable bonds is 1. The topological polar surface area (TPSA) is 55.3 Å².